The van der Waals surface area contributed by atoms with E-state index in [-0.39, 0.29) is 17.8 Å². The third-order valence-corrected chi connectivity index (χ3v) is 1.91. The van der Waals surface area contributed by atoms with Gasteiger partial charge in [0.05, 0.1) is 12.1 Å². The second-order valence-corrected chi connectivity index (χ2v) is 3.04. The summed E-state index contributed by atoms with van der Waals surface area (Å²) in [4.78, 5) is 13.8. The lowest BCUT2D eigenvalue weighted by molar-refractivity contribution is -0.136. The van der Waals surface area contributed by atoms with Crippen LogP contribution in [0.25, 0.3) is 0 Å². The number of pyridine rings is 1. The van der Waals surface area contributed by atoms with Crippen molar-refractivity contribution in [1.82, 2.24) is 4.98 Å². The Labute approximate surface area is 88.9 Å². The van der Waals surface area contributed by atoms with E-state index in [1.54, 1.807) is 0 Å². The number of carbonyl (C=O) groups is 1. The van der Waals surface area contributed by atoms with Crippen LogP contribution in [0.1, 0.15) is 23.4 Å². The molecule has 3 N–H and O–H groups in total. The minimum atomic E-state index is -3.05. The normalized spacial score (nSPS) is 10.8. The molecule has 0 aliphatic heterocycles. The molecule has 88 valence electrons. The van der Waals surface area contributed by atoms with Crippen LogP contribution in [0.5, 0.6) is 0 Å². The smallest absolute Gasteiger partial charge is 0.307 e. The summed E-state index contributed by atoms with van der Waals surface area (Å²) in [6.45, 7) is -0.220. The molecule has 4 nitrogen and oxygen atoms in total. The van der Waals surface area contributed by atoms with Crippen LogP contribution in [0.2, 0.25) is 0 Å². The SMILES string of the molecule is NCc1nc(C(F)F)c(F)cc1CC(=O)O. The molecule has 0 fully saturated rings. The summed E-state index contributed by atoms with van der Waals surface area (Å²) in [6, 6.07) is 0.741. The molecule has 0 aliphatic carbocycles. The Hall–Kier alpha value is -1.63. The number of alkyl halides is 2. The summed E-state index contributed by atoms with van der Waals surface area (Å²) in [5, 5.41) is 8.52. The van der Waals surface area contributed by atoms with Crippen molar-refractivity contribution in [1.29, 1.82) is 0 Å². The van der Waals surface area contributed by atoms with Gasteiger partial charge in [0.15, 0.2) is 5.82 Å². The molecule has 0 radical (unpaired) electrons. The molecule has 7 heteroatoms. The van der Waals surface area contributed by atoms with Crippen molar-refractivity contribution in [3.63, 3.8) is 0 Å². The highest BCUT2D eigenvalue weighted by atomic mass is 19.3. The van der Waals surface area contributed by atoms with Gasteiger partial charge in [-0.25, -0.2) is 18.2 Å². The number of carboxylic acid groups (broad SMARTS) is 1. The maximum absolute atomic E-state index is 13.1. The van der Waals surface area contributed by atoms with E-state index in [4.69, 9.17) is 10.8 Å². The fraction of sp³-hybridized carbons (Fsp3) is 0.333. The third-order valence-electron chi connectivity index (χ3n) is 1.91. The summed E-state index contributed by atoms with van der Waals surface area (Å²) < 4.78 is 37.6. The molecule has 0 saturated carbocycles. The van der Waals surface area contributed by atoms with E-state index in [1.807, 2.05) is 0 Å². The van der Waals surface area contributed by atoms with Gasteiger partial charge in [0, 0.05) is 6.54 Å². The quantitative estimate of drug-likeness (QED) is 0.821. The van der Waals surface area contributed by atoms with Crippen molar-refractivity contribution >= 4 is 5.97 Å². The van der Waals surface area contributed by atoms with E-state index in [9.17, 15) is 18.0 Å². The van der Waals surface area contributed by atoms with Gasteiger partial charge >= 0.3 is 5.97 Å². The Morgan fingerprint density at radius 2 is 2.19 bits per heavy atom. The zero-order valence-electron chi connectivity index (χ0n) is 8.08. The van der Waals surface area contributed by atoms with E-state index in [0.29, 0.717) is 0 Å². The van der Waals surface area contributed by atoms with Gasteiger partial charge in [0.2, 0.25) is 0 Å². The molecule has 16 heavy (non-hydrogen) atoms. The second-order valence-electron chi connectivity index (χ2n) is 3.04. The maximum Gasteiger partial charge on any atom is 0.307 e. The first-order valence-electron chi connectivity index (χ1n) is 4.34. The van der Waals surface area contributed by atoms with Crippen LogP contribution < -0.4 is 5.73 Å². The van der Waals surface area contributed by atoms with Crippen molar-refractivity contribution in [3.8, 4) is 0 Å². The van der Waals surface area contributed by atoms with Gasteiger partial charge in [-0.15, -0.1) is 0 Å². The highest BCUT2D eigenvalue weighted by Crippen LogP contribution is 2.22. The zero-order chi connectivity index (χ0) is 12.3. The van der Waals surface area contributed by atoms with Crippen molar-refractivity contribution in [2.75, 3.05) is 0 Å². The Balaban J connectivity index is 3.20. The van der Waals surface area contributed by atoms with Crippen molar-refractivity contribution < 1.29 is 23.1 Å². The molecule has 0 unspecified atom stereocenters. The number of nitrogens with zero attached hydrogens (tertiary/aromatic N) is 1. The number of hydrogen-bond donors (Lipinski definition) is 2. The maximum atomic E-state index is 13.1. The first kappa shape index (κ1) is 12.4. The van der Waals surface area contributed by atoms with Crippen LogP contribution in [0.4, 0.5) is 13.2 Å². The molecule has 0 saturated heterocycles. The molecule has 1 rings (SSSR count). The lowest BCUT2D eigenvalue weighted by Crippen LogP contribution is -2.12. The number of rotatable bonds is 4. The molecular formula is C9H9F3N2O2. The topological polar surface area (TPSA) is 76.2 Å². The number of nitrogens with two attached hydrogens (primary N) is 1. The molecule has 0 spiro atoms. The lowest BCUT2D eigenvalue weighted by Gasteiger charge is -2.08. The van der Waals surface area contributed by atoms with Gasteiger partial charge in [0.1, 0.15) is 5.69 Å². The van der Waals surface area contributed by atoms with E-state index >= 15 is 0 Å². The Morgan fingerprint density at radius 3 is 2.62 bits per heavy atom. The molecule has 0 amide bonds. The average Bonchev–Trinajstić information content (AvgIpc) is 2.16. The molecule has 0 bridgehead atoms. The van der Waals surface area contributed by atoms with Crippen molar-refractivity contribution in [2.45, 2.75) is 19.4 Å². The Morgan fingerprint density at radius 1 is 1.56 bits per heavy atom. The third kappa shape index (κ3) is 2.69. The minimum absolute atomic E-state index is 0.0110. The molecule has 1 aromatic rings. The van der Waals surface area contributed by atoms with Gasteiger partial charge in [-0.1, -0.05) is 0 Å². The summed E-state index contributed by atoms with van der Waals surface area (Å²) in [5.74, 6) is -2.43. The lowest BCUT2D eigenvalue weighted by atomic mass is 10.1. The standard InChI is InChI=1S/C9H9F3N2O2/c10-5-1-4(2-7(15)16)6(3-13)14-8(5)9(11)12/h1,9H,2-3,13H2,(H,15,16). The summed E-state index contributed by atoms with van der Waals surface area (Å²) >= 11 is 0. The highest BCUT2D eigenvalue weighted by molar-refractivity contribution is 5.70. The molecule has 1 aromatic heterocycles. The molecule has 0 atom stereocenters. The van der Waals surface area contributed by atoms with Gasteiger partial charge in [-0.2, -0.15) is 0 Å². The van der Waals surface area contributed by atoms with Crippen LogP contribution in [-0.2, 0) is 17.8 Å². The molecule has 0 aliphatic rings. The van der Waals surface area contributed by atoms with Crippen LogP contribution in [0, 0.1) is 5.82 Å². The number of aromatic nitrogens is 1. The Kier molecular flexibility index (Phi) is 3.83. The van der Waals surface area contributed by atoms with E-state index in [1.165, 1.54) is 0 Å². The van der Waals surface area contributed by atoms with E-state index in [2.05, 4.69) is 4.98 Å². The Bertz CT molecular complexity index is 410. The molecule has 0 aromatic carbocycles. The summed E-state index contributed by atoms with van der Waals surface area (Å²) in [6.07, 6.45) is -3.55. The number of halogens is 3. The van der Waals surface area contributed by atoms with Gasteiger partial charge < -0.3 is 10.8 Å². The number of aliphatic carboxylic acids is 1. The summed E-state index contributed by atoms with van der Waals surface area (Å²) in [5.41, 5.74) is 4.20. The minimum Gasteiger partial charge on any atom is -0.481 e. The van der Waals surface area contributed by atoms with Gasteiger partial charge in [-0.3, -0.25) is 4.79 Å². The average molecular weight is 234 g/mol. The van der Waals surface area contributed by atoms with Crippen LogP contribution in [0.15, 0.2) is 6.07 Å². The molecule has 1 heterocycles. The van der Waals surface area contributed by atoms with E-state index in [0.717, 1.165) is 6.07 Å². The monoisotopic (exact) mass is 234 g/mol. The van der Waals surface area contributed by atoms with Crippen LogP contribution in [-0.4, -0.2) is 16.1 Å². The van der Waals surface area contributed by atoms with Gasteiger partial charge in [0.25, 0.3) is 6.43 Å². The van der Waals surface area contributed by atoms with Gasteiger partial charge in [-0.05, 0) is 11.6 Å². The van der Waals surface area contributed by atoms with Crippen molar-refractivity contribution in [3.05, 3.63) is 28.8 Å². The van der Waals surface area contributed by atoms with Crippen LogP contribution in [0.3, 0.4) is 0 Å². The van der Waals surface area contributed by atoms with Crippen LogP contribution >= 0.6 is 0 Å². The number of carboxylic acids is 1. The zero-order valence-corrected chi connectivity index (χ0v) is 8.08. The highest BCUT2D eigenvalue weighted by Gasteiger charge is 2.19. The van der Waals surface area contributed by atoms with Crippen molar-refractivity contribution in [2.24, 2.45) is 5.73 Å². The fourth-order valence-electron chi connectivity index (χ4n) is 1.23. The summed E-state index contributed by atoms with van der Waals surface area (Å²) in [7, 11) is 0. The first-order valence-corrected chi connectivity index (χ1v) is 4.34. The predicted octanol–water partition coefficient (Wildman–Crippen LogP) is 1.24. The second kappa shape index (κ2) is 4.93. The number of hydrogen-bond acceptors (Lipinski definition) is 3. The fourth-order valence-corrected chi connectivity index (χ4v) is 1.23. The predicted molar refractivity (Wildman–Crippen MR) is 48.4 cm³/mol. The first-order chi connectivity index (χ1) is 7.45. The molecular weight excluding hydrogens is 225 g/mol. The van der Waals surface area contributed by atoms with E-state index < -0.39 is 30.3 Å². The largest absolute Gasteiger partial charge is 0.481 e.